The van der Waals surface area contributed by atoms with Crippen LogP contribution in [0.5, 0.6) is 5.75 Å². The summed E-state index contributed by atoms with van der Waals surface area (Å²) in [7, 11) is 1.69. The number of nitrogen functional groups attached to an aromatic ring is 1. The first kappa shape index (κ1) is 75.4. The fourth-order valence-electron chi connectivity index (χ4n) is 16.3. The van der Waals surface area contributed by atoms with Crippen molar-refractivity contribution in [3.8, 4) is 5.75 Å². The second kappa shape index (κ2) is 34.2. The predicted octanol–water partition coefficient (Wildman–Crippen LogP) is 17.4. The summed E-state index contributed by atoms with van der Waals surface area (Å²) in [5.41, 5.74) is 33.2. The molecular formula is C92H98ClN19O. The van der Waals surface area contributed by atoms with E-state index in [0.717, 1.165) is 235 Å². The first-order chi connectivity index (χ1) is 55.3. The van der Waals surface area contributed by atoms with Crippen molar-refractivity contribution in [1.82, 2.24) is 49.7 Å². The molecule has 2 fully saturated rings. The van der Waals surface area contributed by atoms with Crippen molar-refractivity contribution in [2.45, 2.75) is 142 Å². The second-order valence-electron chi connectivity index (χ2n) is 31.3. The molecular weight excluding hydrogens is 1420 g/mol. The van der Waals surface area contributed by atoms with Crippen LogP contribution in [0, 0.1) is 5.41 Å². The number of rotatable bonds is 12. The van der Waals surface area contributed by atoms with Crippen molar-refractivity contribution in [1.29, 1.82) is 0 Å². The van der Waals surface area contributed by atoms with Gasteiger partial charge in [-0.25, -0.2) is 54.5 Å². The van der Waals surface area contributed by atoms with Gasteiger partial charge in [-0.2, -0.15) is 5.10 Å². The van der Waals surface area contributed by atoms with Crippen LogP contribution in [-0.4, -0.2) is 119 Å². The van der Waals surface area contributed by atoms with Crippen molar-refractivity contribution in [2.75, 3.05) is 71.7 Å². The number of pyridine rings is 4. The number of fused-ring (bicyclic) bond motifs is 6. The fourth-order valence-corrected chi connectivity index (χ4v) is 16.6. The van der Waals surface area contributed by atoms with Gasteiger partial charge in [0.05, 0.1) is 61.1 Å². The number of methoxy groups -OCH3 is 1. The molecule has 574 valence electrons. The summed E-state index contributed by atoms with van der Waals surface area (Å²) in [5, 5.41) is 5.97. The number of halogens is 1. The molecule has 21 heteroatoms. The number of piperidine rings is 2. The van der Waals surface area contributed by atoms with Gasteiger partial charge in [-0.1, -0.05) is 159 Å². The summed E-state index contributed by atoms with van der Waals surface area (Å²) in [5.74, 6) is 6.60. The monoisotopic (exact) mass is 1520 g/mol. The van der Waals surface area contributed by atoms with Gasteiger partial charge in [0, 0.05) is 109 Å². The van der Waals surface area contributed by atoms with Gasteiger partial charge < -0.3 is 35.8 Å². The van der Waals surface area contributed by atoms with E-state index < -0.39 is 0 Å². The highest BCUT2D eigenvalue weighted by Gasteiger charge is 2.34. The molecule has 19 rings (SSSR count). The zero-order chi connectivity index (χ0) is 77.3. The molecule has 20 nitrogen and oxygen atoms in total. The third-order valence-corrected chi connectivity index (χ3v) is 23.2. The van der Waals surface area contributed by atoms with Gasteiger partial charge in [0.1, 0.15) is 34.1 Å². The number of nitrogens with two attached hydrogens (primary N) is 2. The number of hydrogen-bond donors (Lipinski definition) is 2. The van der Waals surface area contributed by atoms with Crippen molar-refractivity contribution < 1.29 is 4.74 Å². The Kier molecular flexibility index (Phi) is 22.8. The third-order valence-electron chi connectivity index (χ3n) is 22.9. The summed E-state index contributed by atoms with van der Waals surface area (Å²) in [6, 6.07) is 57.9. The van der Waals surface area contributed by atoms with Crippen molar-refractivity contribution in [3.63, 3.8) is 0 Å². The number of aromatic nitrogens is 10. The van der Waals surface area contributed by atoms with E-state index in [-0.39, 0.29) is 5.54 Å². The standard InChI is InChI=1S/C41H42N8O.C22H20N2.C20H26N8.C9H10ClN/c1-41(2)21-25-47(26-22-41)35-27-43-37-39(44-35)49(28-29-16-18-32(50-3)19-17-29)46-40(37)48-24-10-15-33-34(48)20-23-42-38(33)45-36(30-11-6-4-7-12-30)31-13-8-5-9-14-31;1-3-10-18(11-4-1)21(19-12-5-2-6-13-19)24-22-20-14-8-7-9-17(20)15-16-23-22;1-20(22)5-9-27(10-6-20)16-12-24-17-14(26-16)11-25-19(17)28-8-2-3-13-15(28)4-7-23-18(13)21;10-9-8-4-2-1-3-7(8)5-6-11-9/h4-9,11-14,16-20,23,27H,10,15,21-22,24-26,28H2,1-3H3;1-6,10-13,15-16H,7-9,14H2;4,7,12H,2-3,5-6,8-11,22H2,1H3,(H2,21,23);5-6H,1-4H2. The SMILES string of the molecule is CC1(N)CCN(c2cnc3c(n2)CN=C3N2CCCc3c2ccnc3N)CC1.COc1ccc(Cn2nc(N3CCCc4c3ccnc4N=C(c3ccccc3)c3ccccc3)c3ncc(N4CCC(C)(C)CC4)nc32)cc1.Clc1nccc2c1CCCC2.c1ccc(C(=Nc2nccc3c2CCCC3)c2ccccc2)cc1. The molecule has 7 aliphatic rings. The number of ether oxygens (including phenoxy) is 1. The Morgan fingerprint density at radius 2 is 0.991 bits per heavy atom. The second-order valence-corrected chi connectivity index (χ2v) is 31.7. The number of hydrogen-bond acceptors (Lipinski definition) is 19. The minimum atomic E-state index is -0.0741. The lowest BCUT2D eigenvalue weighted by Crippen LogP contribution is -2.48. The lowest BCUT2D eigenvalue weighted by molar-refractivity contribution is 0.279. The van der Waals surface area contributed by atoms with Gasteiger partial charge in [-0.05, 0) is 174 Å². The molecule has 0 spiro atoms. The van der Waals surface area contributed by atoms with Crippen LogP contribution < -0.4 is 35.8 Å². The Morgan fingerprint density at radius 3 is 1.59 bits per heavy atom. The number of nitrogens with zero attached hydrogens (tertiary/aromatic N) is 17. The first-order valence-corrected chi connectivity index (χ1v) is 40.5. The molecule has 0 amide bonds. The van der Waals surface area contributed by atoms with Crippen LogP contribution in [-0.2, 0) is 51.6 Å². The molecule has 5 aromatic carbocycles. The molecule has 0 saturated carbocycles. The minimum Gasteiger partial charge on any atom is -0.497 e. The fraction of sp³-hybridized carbons (Fsp3) is 0.326. The maximum Gasteiger partial charge on any atom is 0.183 e. The van der Waals surface area contributed by atoms with Crippen molar-refractivity contribution in [3.05, 3.63) is 285 Å². The number of aliphatic imine (C=N–C) groups is 3. The Bertz CT molecular complexity index is 5320. The zero-order valence-electron chi connectivity index (χ0n) is 65.1. The van der Waals surface area contributed by atoms with Crippen LogP contribution >= 0.6 is 11.6 Å². The number of aryl methyl sites for hydroxylation is 2. The van der Waals surface area contributed by atoms with Gasteiger partial charge >= 0.3 is 0 Å². The van der Waals surface area contributed by atoms with Crippen LogP contribution in [0.25, 0.3) is 11.2 Å². The molecule has 12 aromatic rings. The molecule has 12 heterocycles. The van der Waals surface area contributed by atoms with Gasteiger partial charge in [-0.15, -0.1) is 0 Å². The van der Waals surface area contributed by atoms with Crippen LogP contribution in [0.15, 0.2) is 222 Å². The largest absolute Gasteiger partial charge is 0.497 e. The zero-order valence-corrected chi connectivity index (χ0v) is 65.9. The lowest BCUT2D eigenvalue weighted by Gasteiger charge is -2.37. The van der Waals surface area contributed by atoms with Crippen LogP contribution in [0.4, 0.5) is 46.3 Å². The molecule has 2 aliphatic carbocycles. The van der Waals surface area contributed by atoms with Gasteiger partial charge in [-0.3, -0.25) is 4.99 Å². The summed E-state index contributed by atoms with van der Waals surface area (Å²) >= 11 is 5.93. The quantitative estimate of drug-likeness (QED) is 0.0855. The highest BCUT2D eigenvalue weighted by atomic mass is 35.5. The topological polar surface area (TPSA) is 232 Å². The molecule has 0 unspecified atom stereocenters. The Labute approximate surface area is 667 Å². The van der Waals surface area contributed by atoms with Crippen LogP contribution in [0.1, 0.15) is 158 Å². The van der Waals surface area contributed by atoms with E-state index >= 15 is 0 Å². The molecule has 4 N–H and O–H groups in total. The number of anilines is 6. The van der Waals surface area contributed by atoms with Crippen LogP contribution in [0.2, 0.25) is 5.15 Å². The van der Waals surface area contributed by atoms with E-state index in [9.17, 15) is 0 Å². The normalized spacial score (nSPS) is 16.3. The van der Waals surface area contributed by atoms with E-state index in [4.69, 9.17) is 72.8 Å². The maximum atomic E-state index is 6.26. The smallest absolute Gasteiger partial charge is 0.183 e. The highest BCUT2D eigenvalue weighted by Crippen LogP contribution is 2.42. The molecule has 2 saturated heterocycles. The van der Waals surface area contributed by atoms with Crippen LogP contribution in [0.3, 0.4) is 0 Å². The van der Waals surface area contributed by atoms with E-state index in [2.05, 4.69) is 183 Å². The maximum absolute atomic E-state index is 6.26. The van der Waals surface area contributed by atoms with Crippen molar-refractivity contribution in [2.24, 2.45) is 26.1 Å². The Morgan fingerprint density at radius 1 is 0.496 bits per heavy atom. The summed E-state index contributed by atoms with van der Waals surface area (Å²) < 4.78 is 7.42. The first-order valence-electron chi connectivity index (χ1n) is 40.1. The lowest BCUT2D eigenvalue weighted by atomic mass is 9.83. The van der Waals surface area contributed by atoms with E-state index in [0.29, 0.717) is 29.5 Å². The summed E-state index contributed by atoms with van der Waals surface area (Å²) in [4.78, 5) is 61.9. The predicted molar refractivity (Wildman–Crippen MR) is 456 cm³/mol. The average molecular weight is 1520 g/mol. The average Bonchev–Trinajstić information content (AvgIpc) is 1.63. The van der Waals surface area contributed by atoms with E-state index in [1.165, 1.54) is 54.4 Å². The molecule has 5 aliphatic heterocycles. The van der Waals surface area contributed by atoms with E-state index in [1.54, 1.807) is 19.5 Å². The molecule has 7 aromatic heterocycles. The van der Waals surface area contributed by atoms with Gasteiger partial charge in [0.25, 0.3) is 0 Å². The Hall–Kier alpha value is -11.6. The summed E-state index contributed by atoms with van der Waals surface area (Å²) in [6.45, 7) is 13.4. The summed E-state index contributed by atoms with van der Waals surface area (Å²) in [6.07, 6.45) is 28.7. The third kappa shape index (κ3) is 17.2. The van der Waals surface area contributed by atoms with Crippen molar-refractivity contribution >= 4 is 86.3 Å². The van der Waals surface area contributed by atoms with Gasteiger partial charge in [0.2, 0.25) is 0 Å². The highest BCUT2D eigenvalue weighted by molar-refractivity contribution is 6.30. The number of benzene rings is 5. The minimum absolute atomic E-state index is 0.0741. The van der Waals surface area contributed by atoms with E-state index in [1.807, 2.05) is 71.9 Å². The molecule has 0 atom stereocenters. The molecule has 0 radical (unpaired) electrons. The number of amidine groups is 1. The molecule has 113 heavy (non-hydrogen) atoms. The Balaban J connectivity index is 0.000000128. The van der Waals surface area contributed by atoms with Gasteiger partial charge in [0.15, 0.2) is 34.5 Å². The molecule has 0 bridgehead atoms.